The minimum atomic E-state index is -0.568. The molecule has 2 aromatic carbocycles. The SMILES string of the molecule is O=C1Nc2ccccc2C1(CCBr)c1ccccc1. The second kappa shape index (κ2) is 4.82. The molecule has 1 N–H and O–H groups in total. The summed E-state index contributed by atoms with van der Waals surface area (Å²) in [6.07, 6.45) is 0.750. The number of amides is 1. The summed E-state index contributed by atoms with van der Waals surface area (Å²) in [4.78, 5) is 12.6. The van der Waals surface area contributed by atoms with Crippen LogP contribution in [0.1, 0.15) is 17.5 Å². The summed E-state index contributed by atoms with van der Waals surface area (Å²) in [6, 6.07) is 18.0. The molecule has 2 nitrogen and oxygen atoms in total. The number of rotatable bonds is 3. The van der Waals surface area contributed by atoms with Gasteiger partial charge in [0, 0.05) is 11.0 Å². The Morgan fingerprint density at radius 2 is 1.68 bits per heavy atom. The van der Waals surface area contributed by atoms with Gasteiger partial charge in [-0.2, -0.15) is 0 Å². The highest BCUT2D eigenvalue weighted by Gasteiger charge is 2.47. The first-order valence-corrected chi connectivity index (χ1v) is 7.43. The molecule has 2 aromatic rings. The fraction of sp³-hybridized carbons (Fsp3) is 0.188. The lowest BCUT2D eigenvalue weighted by molar-refractivity contribution is -0.119. The van der Waals surface area contributed by atoms with E-state index in [9.17, 15) is 4.79 Å². The minimum absolute atomic E-state index is 0.0688. The van der Waals surface area contributed by atoms with Gasteiger partial charge in [-0.3, -0.25) is 4.79 Å². The maximum Gasteiger partial charge on any atom is 0.239 e. The van der Waals surface area contributed by atoms with E-state index in [1.165, 1.54) is 0 Å². The summed E-state index contributed by atoms with van der Waals surface area (Å²) < 4.78 is 0. The third-order valence-corrected chi connectivity index (χ3v) is 4.16. The van der Waals surface area contributed by atoms with E-state index < -0.39 is 5.41 Å². The summed E-state index contributed by atoms with van der Waals surface area (Å²) in [5, 5.41) is 3.79. The number of benzene rings is 2. The number of alkyl halides is 1. The van der Waals surface area contributed by atoms with Crippen molar-refractivity contribution in [2.45, 2.75) is 11.8 Å². The molecular weight excluding hydrogens is 302 g/mol. The average Bonchev–Trinajstić information content (AvgIpc) is 2.74. The molecule has 0 fully saturated rings. The predicted molar refractivity (Wildman–Crippen MR) is 80.7 cm³/mol. The van der Waals surface area contributed by atoms with Crippen molar-refractivity contribution in [3.63, 3.8) is 0 Å². The first kappa shape index (κ1) is 12.4. The van der Waals surface area contributed by atoms with Crippen LogP contribution in [0.5, 0.6) is 0 Å². The van der Waals surface area contributed by atoms with Crippen LogP contribution in [0.15, 0.2) is 54.6 Å². The Balaban J connectivity index is 2.24. The van der Waals surface area contributed by atoms with Crippen LogP contribution in [-0.2, 0) is 10.2 Å². The van der Waals surface area contributed by atoms with Crippen molar-refractivity contribution in [1.82, 2.24) is 0 Å². The van der Waals surface area contributed by atoms with Gasteiger partial charge < -0.3 is 5.32 Å². The zero-order chi connectivity index (χ0) is 13.3. The Bertz CT molecular complexity index is 611. The molecule has 1 atom stereocenters. The Labute approximate surface area is 121 Å². The van der Waals surface area contributed by atoms with Crippen molar-refractivity contribution in [3.8, 4) is 0 Å². The minimum Gasteiger partial charge on any atom is -0.325 e. The lowest BCUT2D eigenvalue weighted by Crippen LogP contribution is -2.36. The highest BCUT2D eigenvalue weighted by molar-refractivity contribution is 9.09. The molecule has 0 bridgehead atoms. The maximum atomic E-state index is 12.6. The van der Waals surface area contributed by atoms with Crippen LogP contribution in [0, 0.1) is 0 Å². The molecule has 0 aliphatic carbocycles. The predicted octanol–water partition coefficient (Wildman–Crippen LogP) is 3.71. The number of nitrogens with one attached hydrogen (secondary N) is 1. The van der Waals surface area contributed by atoms with Crippen LogP contribution in [0.4, 0.5) is 5.69 Å². The van der Waals surface area contributed by atoms with Gasteiger partial charge in [-0.25, -0.2) is 0 Å². The van der Waals surface area contributed by atoms with E-state index in [1.807, 2.05) is 54.6 Å². The summed E-state index contributed by atoms with van der Waals surface area (Å²) >= 11 is 3.49. The second-order valence-corrected chi connectivity index (χ2v) is 5.50. The Morgan fingerprint density at radius 1 is 1.00 bits per heavy atom. The lowest BCUT2D eigenvalue weighted by atomic mass is 9.73. The van der Waals surface area contributed by atoms with E-state index in [1.54, 1.807) is 0 Å². The van der Waals surface area contributed by atoms with Crippen LogP contribution in [-0.4, -0.2) is 11.2 Å². The number of para-hydroxylation sites is 1. The van der Waals surface area contributed by atoms with Gasteiger partial charge in [0.05, 0.1) is 0 Å². The number of carbonyl (C=O) groups is 1. The third kappa shape index (κ3) is 1.80. The molecular formula is C16H14BrNO. The Hall–Kier alpha value is -1.61. The molecule has 1 aliphatic rings. The number of hydrogen-bond donors (Lipinski definition) is 1. The fourth-order valence-corrected chi connectivity index (χ4v) is 3.45. The van der Waals surface area contributed by atoms with Crippen molar-refractivity contribution in [2.75, 3.05) is 10.6 Å². The van der Waals surface area contributed by atoms with Crippen LogP contribution in [0.3, 0.4) is 0 Å². The standard InChI is InChI=1S/C16H14BrNO/c17-11-10-16(12-6-2-1-3-7-12)13-8-4-5-9-14(13)18-15(16)19/h1-9H,10-11H2,(H,18,19). The van der Waals surface area contributed by atoms with Gasteiger partial charge in [-0.1, -0.05) is 64.5 Å². The topological polar surface area (TPSA) is 29.1 Å². The van der Waals surface area contributed by atoms with Crippen LogP contribution < -0.4 is 5.32 Å². The van der Waals surface area contributed by atoms with E-state index in [0.717, 1.165) is 28.6 Å². The number of carbonyl (C=O) groups excluding carboxylic acids is 1. The molecule has 1 amide bonds. The van der Waals surface area contributed by atoms with Crippen molar-refractivity contribution in [2.24, 2.45) is 0 Å². The summed E-state index contributed by atoms with van der Waals surface area (Å²) in [5.41, 5.74) is 2.49. The largest absolute Gasteiger partial charge is 0.325 e. The Kier molecular flexibility index (Phi) is 3.15. The fourth-order valence-electron chi connectivity index (χ4n) is 2.86. The normalized spacial score (nSPS) is 21.0. The van der Waals surface area contributed by atoms with E-state index in [-0.39, 0.29) is 5.91 Å². The maximum absolute atomic E-state index is 12.6. The lowest BCUT2D eigenvalue weighted by Gasteiger charge is -2.27. The first-order chi connectivity index (χ1) is 9.29. The van der Waals surface area contributed by atoms with Gasteiger partial charge in [0.2, 0.25) is 5.91 Å². The number of fused-ring (bicyclic) bond motifs is 1. The summed E-state index contributed by atoms with van der Waals surface area (Å²) in [5.74, 6) is 0.0688. The molecule has 0 spiro atoms. The van der Waals surface area contributed by atoms with Gasteiger partial charge in [0.15, 0.2) is 0 Å². The number of halogens is 1. The van der Waals surface area contributed by atoms with E-state index in [0.29, 0.717) is 0 Å². The summed E-state index contributed by atoms with van der Waals surface area (Å²) in [6.45, 7) is 0. The van der Waals surface area contributed by atoms with E-state index in [4.69, 9.17) is 0 Å². The molecule has 3 rings (SSSR count). The number of anilines is 1. The number of hydrogen-bond acceptors (Lipinski definition) is 1. The quantitative estimate of drug-likeness (QED) is 0.859. The molecule has 0 radical (unpaired) electrons. The molecule has 0 saturated heterocycles. The molecule has 96 valence electrons. The van der Waals surface area contributed by atoms with Crippen molar-refractivity contribution >= 4 is 27.5 Å². The van der Waals surface area contributed by atoms with Gasteiger partial charge in [-0.05, 0) is 23.6 Å². The first-order valence-electron chi connectivity index (χ1n) is 6.31. The van der Waals surface area contributed by atoms with Crippen LogP contribution in [0.25, 0.3) is 0 Å². The molecule has 1 unspecified atom stereocenters. The van der Waals surface area contributed by atoms with Gasteiger partial charge in [-0.15, -0.1) is 0 Å². The van der Waals surface area contributed by atoms with Crippen molar-refractivity contribution in [3.05, 3.63) is 65.7 Å². The van der Waals surface area contributed by atoms with Crippen molar-refractivity contribution < 1.29 is 4.79 Å². The zero-order valence-electron chi connectivity index (χ0n) is 10.4. The van der Waals surface area contributed by atoms with Crippen LogP contribution in [0.2, 0.25) is 0 Å². The zero-order valence-corrected chi connectivity index (χ0v) is 12.0. The Morgan fingerprint density at radius 3 is 2.42 bits per heavy atom. The van der Waals surface area contributed by atoms with Crippen molar-refractivity contribution in [1.29, 1.82) is 0 Å². The molecule has 19 heavy (non-hydrogen) atoms. The summed E-state index contributed by atoms with van der Waals surface area (Å²) in [7, 11) is 0. The molecule has 1 heterocycles. The molecule has 0 saturated carbocycles. The third-order valence-electron chi connectivity index (χ3n) is 3.76. The second-order valence-electron chi connectivity index (χ2n) is 4.71. The molecule has 1 aliphatic heterocycles. The molecule has 0 aromatic heterocycles. The van der Waals surface area contributed by atoms with Gasteiger partial charge in [0.25, 0.3) is 0 Å². The highest BCUT2D eigenvalue weighted by atomic mass is 79.9. The van der Waals surface area contributed by atoms with Gasteiger partial charge in [0.1, 0.15) is 5.41 Å². The monoisotopic (exact) mass is 315 g/mol. The highest BCUT2D eigenvalue weighted by Crippen LogP contribution is 2.45. The van der Waals surface area contributed by atoms with E-state index >= 15 is 0 Å². The molecule has 3 heteroatoms. The average molecular weight is 316 g/mol. The van der Waals surface area contributed by atoms with E-state index in [2.05, 4.69) is 21.2 Å². The smallest absolute Gasteiger partial charge is 0.239 e. The van der Waals surface area contributed by atoms with Crippen LogP contribution >= 0.6 is 15.9 Å². The van der Waals surface area contributed by atoms with Gasteiger partial charge >= 0.3 is 0 Å².